The van der Waals surface area contributed by atoms with Gasteiger partial charge < -0.3 is 20.1 Å². The second-order valence-corrected chi connectivity index (χ2v) is 5.44. The van der Waals surface area contributed by atoms with Crippen LogP contribution in [0.15, 0.2) is 18.2 Å². The Balaban J connectivity index is 1.86. The summed E-state index contributed by atoms with van der Waals surface area (Å²) in [5, 5.41) is 0. The molecule has 0 unspecified atom stereocenters. The molecule has 0 amide bonds. The van der Waals surface area contributed by atoms with Gasteiger partial charge in [-0.25, -0.2) is 0 Å². The third-order valence-corrected chi connectivity index (χ3v) is 3.79. The van der Waals surface area contributed by atoms with Crippen molar-refractivity contribution in [3.63, 3.8) is 0 Å². The second-order valence-electron chi connectivity index (χ2n) is 5.44. The average molecular weight is 278 g/mol. The summed E-state index contributed by atoms with van der Waals surface area (Å²) < 4.78 is 11.2. The lowest BCUT2D eigenvalue weighted by Gasteiger charge is -2.17. The first-order valence-corrected chi connectivity index (χ1v) is 7.49. The first kappa shape index (κ1) is 15.1. The van der Waals surface area contributed by atoms with Crippen LogP contribution < -0.4 is 15.2 Å². The van der Waals surface area contributed by atoms with Gasteiger partial charge in [0.1, 0.15) is 11.5 Å². The lowest BCUT2D eigenvalue weighted by Crippen LogP contribution is -2.22. The van der Waals surface area contributed by atoms with Crippen molar-refractivity contribution in [1.82, 2.24) is 4.90 Å². The Hall–Kier alpha value is -1.26. The molecule has 0 saturated carbocycles. The summed E-state index contributed by atoms with van der Waals surface area (Å²) in [4.78, 5) is 2.50. The quantitative estimate of drug-likeness (QED) is 0.779. The summed E-state index contributed by atoms with van der Waals surface area (Å²) in [5.74, 6) is 1.66. The minimum atomic E-state index is -0.0329. The SMILES string of the molecule is COc1ccc([C@H](C)N)c(OCCCN2CCCC2)c1. The maximum absolute atomic E-state index is 5.98. The molecule has 1 atom stereocenters. The van der Waals surface area contributed by atoms with Crippen molar-refractivity contribution < 1.29 is 9.47 Å². The number of likely N-dealkylation sites (tertiary alicyclic amines) is 1. The Labute approximate surface area is 121 Å². The topological polar surface area (TPSA) is 47.7 Å². The van der Waals surface area contributed by atoms with Gasteiger partial charge in [-0.2, -0.15) is 0 Å². The average Bonchev–Trinajstić information content (AvgIpc) is 2.96. The number of hydrogen-bond acceptors (Lipinski definition) is 4. The molecule has 112 valence electrons. The zero-order chi connectivity index (χ0) is 14.4. The van der Waals surface area contributed by atoms with Gasteiger partial charge in [0.2, 0.25) is 0 Å². The van der Waals surface area contributed by atoms with Gasteiger partial charge in [0.05, 0.1) is 13.7 Å². The lowest BCUT2D eigenvalue weighted by molar-refractivity contribution is 0.260. The van der Waals surface area contributed by atoms with Crippen molar-refractivity contribution in [3.8, 4) is 11.5 Å². The Morgan fingerprint density at radius 1 is 1.30 bits per heavy atom. The maximum atomic E-state index is 5.98. The van der Waals surface area contributed by atoms with Gasteiger partial charge in [-0.05, 0) is 45.3 Å². The number of methoxy groups -OCH3 is 1. The monoisotopic (exact) mass is 278 g/mol. The van der Waals surface area contributed by atoms with Crippen molar-refractivity contribution in [2.75, 3.05) is 33.4 Å². The predicted molar refractivity (Wildman–Crippen MR) is 81.4 cm³/mol. The van der Waals surface area contributed by atoms with Gasteiger partial charge in [-0.15, -0.1) is 0 Å². The molecule has 4 heteroatoms. The molecule has 0 aliphatic carbocycles. The Bertz CT molecular complexity index is 415. The molecule has 0 spiro atoms. The second kappa shape index (κ2) is 7.50. The first-order chi connectivity index (χ1) is 9.70. The summed E-state index contributed by atoms with van der Waals surface area (Å²) in [7, 11) is 1.66. The van der Waals surface area contributed by atoms with Crippen LogP contribution in [0.5, 0.6) is 11.5 Å². The molecule has 2 rings (SSSR count). The van der Waals surface area contributed by atoms with E-state index in [0.29, 0.717) is 0 Å². The molecule has 1 aliphatic rings. The number of nitrogens with zero attached hydrogens (tertiary/aromatic N) is 1. The highest BCUT2D eigenvalue weighted by Crippen LogP contribution is 2.28. The van der Waals surface area contributed by atoms with E-state index >= 15 is 0 Å². The van der Waals surface area contributed by atoms with Crippen LogP contribution in [0, 0.1) is 0 Å². The smallest absolute Gasteiger partial charge is 0.127 e. The molecule has 1 heterocycles. The standard InChI is InChI=1S/C16H26N2O2/c1-13(17)15-7-6-14(19-2)12-16(15)20-11-5-10-18-8-3-4-9-18/h6-7,12-13H,3-5,8-11,17H2,1-2H3/t13-/m0/s1. The number of hydrogen-bond donors (Lipinski definition) is 1. The predicted octanol–water partition coefficient (Wildman–Crippen LogP) is 2.58. The van der Waals surface area contributed by atoms with E-state index in [4.69, 9.17) is 15.2 Å². The van der Waals surface area contributed by atoms with Crippen molar-refractivity contribution in [3.05, 3.63) is 23.8 Å². The molecule has 4 nitrogen and oxygen atoms in total. The van der Waals surface area contributed by atoms with E-state index in [1.165, 1.54) is 25.9 Å². The van der Waals surface area contributed by atoms with E-state index in [2.05, 4.69) is 4.90 Å². The molecule has 20 heavy (non-hydrogen) atoms. The summed E-state index contributed by atoms with van der Waals surface area (Å²) in [6, 6.07) is 5.80. The zero-order valence-corrected chi connectivity index (χ0v) is 12.6. The molecule has 0 radical (unpaired) electrons. The van der Waals surface area contributed by atoms with E-state index < -0.39 is 0 Å². The fourth-order valence-electron chi connectivity index (χ4n) is 2.62. The van der Waals surface area contributed by atoms with Crippen molar-refractivity contribution >= 4 is 0 Å². The molecule has 0 bridgehead atoms. The van der Waals surface area contributed by atoms with Gasteiger partial charge in [0.15, 0.2) is 0 Å². The van der Waals surface area contributed by atoms with Crippen LogP contribution >= 0.6 is 0 Å². The van der Waals surface area contributed by atoms with Crippen LogP contribution in [0.2, 0.25) is 0 Å². The number of nitrogens with two attached hydrogens (primary N) is 1. The molecule has 1 aromatic rings. The van der Waals surface area contributed by atoms with Crippen LogP contribution in [-0.2, 0) is 0 Å². The van der Waals surface area contributed by atoms with Crippen LogP contribution in [-0.4, -0.2) is 38.3 Å². The maximum Gasteiger partial charge on any atom is 0.127 e. The Kier molecular flexibility index (Phi) is 5.68. The van der Waals surface area contributed by atoms with Crippen LogP contribution in [0.4, 0.5) is 0 Å². The largest absolute Gasteiger partial charge is 0.497 e. The summed E-state index contributed by atoms with van der Waals surface area (Å²) in [6.45, 7) is 6.30. The Morgan fingerprint density at radius 3 is 2.70 bits per heavy atom. The zero-order valence-electron chi connectivity index (χ0n) is 12.6. The molecular weight excluding hydrogens is 252 g/mol. The third-order valence-electron chi connectivity index (χ3n) is 3.79. The van der Waals surface area contributed by atoms with E-state index in [0.717, 1.165) is 36.6 Å². The van der Waals surface area contributed by atoms with Gasteiger partial charge in [0, 0.05) is 24.2 Å². The summed E-state index contributed by atoms with van der Waals surface area (Å²) in [5.41, 5.74) is 7.02. The molecule has 1 saturated heterocycles. The van der Waals surface area contributed by atoms with Gasteiger partial charge in [-0.3, -0.25) is 0 Å². The molecular formula is C16H26N2O2. The normalized spacial score (nSPS) is 17.1. The Morgan fingerprint density at radius 2 is 2.05 bits per heavy atom. The fraction of sp³-hybridized carbons (Fsp3) is 0.625. The van der Waals surface area contributed by atoms with E-state index in [1.807, 2.05) is 25.1 Å². The summed E-state index contributed by atoms with van der Waals surface area (Å²) in [6.07, 6.45) is 3.73. The molecule has 0 aromatic heterocycles. The summed E-state index contributed by atoms with van der Waals surface area (Å²) >= 11 is 0. The van der Waals surface area contributed by atoms with E-state index in [1.54, 1.807) is 7.11 Å². The molecule has 1 aliphatic heterocycles. The van der Waals surface area contributed by atoms with Crippen molar-refractivity contribution in [2.24, 2.45) is 5.73 Å². The van der Waals surface area contributed by atoms with Crippen LogP contribution in [0.25, 0.3) is 0 Å². The minimum Gasteiger partial charge on any atom is -0.497 e. The van der Waals surface area contributed by atoms with E-state index in [9.17, 15) is 0 Å². The number of ether oxygens (including phenoxy) is 2. The highest BCUT2D eigenvalue weighted by molar-refractivity contribution is 5.42. The van der Waals surface area contributed by atoms with Crippen LogP contribution in [0.1, 0.15) is 37.8 Å². The fourth-order valence-corrected chi connectivity index (χ4v) is 2.62. The highest BCUT2D eigenvalue weighted by atomic mass is 16.5. The lowest BCUT2D eigenvalue weighted by atomic mass is 10.1. The van der Waals surface area contributed by atoms with Crippen molar-refractivity contribution in [1.29, 1.82) is 0 Å². The number of benzene rings is 1. The van der Waals surface area contributed by atoms with Gasteiger partial charge >= 0.3 is 0 Å². The molecule has 2 N–H and O–H groups in total. The van der Waals surface area contributed by atoms with Crippen molar-refractivity contribution in [2.45, 2.75) is 32.2 Å². The third kappa shape index (κ3) is 4.12. The molecule has 1 fully saturated rings. The highest BCUT2D eigenvalue weighted by Gasteiger charge is 2.12. The minimum absolute atomic E-state index is 0.0329. The number of rotatable bonds is 7. The molecule has 1 aromatic carbocycles. The van der Waals surface area contributed by atoms with Gasteiger partial charge in [0.25, 0.3) is 0 Å². The van der Waals surface area contributed by atoms with Crippen LogP contribution in [0.3, 0.4) is 0 Å². The first-order valence-electron chi connectivity index (χ1n) is 7.49. The van der Waals surface area contributed by atoms with Gasteiger partial charge in [-0.1, -0.05) is 6.07 Å². The van der Waals surface area contributed by atoms with E-state index in [-0.39, 0.29) is 6.04 Å².